The number of methoxy groups -OCH3 is 1. The maximum atomic E-state index is 12.7. The van der Waals surface area contributed by atoms with Gasteiger partial charge in [0.05, 0.1) is 12.5 Å². The molecule has 0 heterocycles. The minimum absolute atomic E-state index is 0.0397. The molecule has 0 saturated carbocycles. The fourth-order valence-electron chi connectivity index (χ4n) is 2.56. The van der Waals surface area contributed by atoms with Gasteiger partial charge in [-0.3, -0.25) is 9.59 Å². The van der Waals surface area contributed by atoms with Crippen molar-refractivity contribution in [3.05, 3.63) is 71.8 Å². The lowest BCUT2D eigenvalue weighted by molar-refractivity contribution is -0.126. The van der Waals surface area contributed by atoms with Gasteiger partial charge >= 0.3 is 0 Å². The second-order valence-electron chi connectivity index (χ2n) is 5.67. The van der Waals surface area contributed by atoms with Crippen molar-refractivity contribution in [2.45, 2.75) is 12.3 Å². The van der Waals surface area contributed by atoms with Gasteiger partial charge in [0.2, 0.25) is 11.8 Å². The Labute approximate surface area is 148 Å². The van der Waals surface area contributed by atoms with E-state index in [1.807, 2.05) is 60.7 Å². The van der Waals surface area contributed by atoms with E-state index in [-0.39, 0.29) is 18.4 Å². The molecule has 5 nitrogen and oxygen atoms in total. The smallest absolute Gasteiger partial charge is 0.239 e. The van der Waals surface area contributed by atoms with E-state index in [1.165, 1.54) is 0 Å². The first-order chi connectivity index (χ1) is 12.2. The molecule has 0 radical (unpaired) electrons. The molecule has 0 atom stereocenters. The van der Waals surface area contributed by atoms with E-state index in [9.17, 15) is 9.59 Å². The molecule has 0 saturated heterocycles. The van der Waals surface area contributed by atoms with Gasteiger partial charge in [-0.15, -0.1) is 0 Å². The summed E-state index contributed by atoms with van der Waals surface area (Å²) in [5.41, 5.74) is 1.79. The topological polar surface area (TPSA) is 67.4 Å². The molecule has 0 spiro atoms. The molecule has 0 aliphatic heterocycles. The van der Waals surface area contributed by atoms with Crippen LogP contribution in [0.2, 0.25) is 0 Å². The number of carbonyl (C=O) groups is 2. The van der Waals surface area contributed by atoms with E-state index in [0.29, 0.717) is 13.2 Å². The van der Waals surface area contributed by atoms with Crippen LogP contribution in [0.3, 0.4) is 0 Å². The summed E-state index contributed by atoms with van der Waals surface area (Å²) in [6, 6.07) is 19.1. The second kappa shape index (κ2) is 10.3. The van der Waals surface area contributed by atoms with E-state index < -0.39 is 5.92 Å². The monoisotopic (exact) mass is 340 g/mol. The summed E-state index contributed by atoms with van der Waals surface area (Å²) < 4.78 is 4.93. The molecule has 0 aliphatic rings. The molecular weight excluding hydrogens is 316 g/mol. The summed E-state index contributed by atoms with van der Waals surface area (Å²) in [5.74, 6) is -0.836. The molecule has 2 rings (SSSR count). The zero-order valence-corrected chi connectivity index (χ0v) is 14.4. The van der Waals surface area contributed by atoms with Crippen molar-refractivity contribution < 1.29 is 14.3 Å². The highest BCUT2D eigenvalue weighted by molar-refractivity contribution is 5.90. The molecule has 0 unspecified atom stereocenters. The van der Waals surface area contributed by atoms with Crippen molar-refractivity contribution in [2.24, 2.45) is 0 Å². The maximum Gasteiger partial charge on any atom is 0.239 e. The minimum Gasteiger partial charge on any atom is -0.385 e. The summed E-state index contributed by atoms with van der Waals surface area (Å²) in [4.78, 5) is 24.6. The Morgan fingerprint density at radius 1 is 0.920 bits per heavy atom. The van der Waals surface area contributed by atoms with E-state index in [4.69, 9.17) is 4.74 Å². The van der Waals surface area contributed by atoms with Gasteiger partial charge in [-0.25, -0.2) is 0 Å². The van der Waals surface area contributed by atoms with E-state index in [2.05, 4.69) is 10.6 Å². The summed E-state index contributed by atoms with van der Waals surface area (Å²) in [6.07, 6.45) is 0.743. The number of nitrogens with one attached hydrogen (secondary N) is 2. The molecule has 25 heavy (non-hydrogen) atoms. The molecule has 2 aromatic rings. The SMILES string of the molecule is COCCCNC(=O)CNC(=O)C(c1ccccc1)c1ccccc1. The van der Waals surface area contributed by atoms with Crippen molar-refractivity contribution in [3.63, 3.8) is 0 Å². The highest BCUT2D eigenvalue weighted by atomic mass is 16.5. The van der Waals surface area contributed by atoms with Crippen molar-refractivity contribution in [1.82, 2.24) is 10.6 Å². The predicted molar refractivity (Wildman–Crippen MR) is 97.2 cm³/mol. The third kappa shape index (κ3) is 6.04. The quantitative estimate of drug-likeness (QED) is 0.687. The average molecular weight is 340 g/mol. The first-order valence-corrected chi connectivity index (χ1v) is 8.35. The fourth-order valence-corrected chi connectivity index (χ4v) is 2.56. The molecule has 2 N–H and O–H groups in total. The Balaban J connectivity index is 1.98. The lowest BCUT2D eigenvalue weighted by Gasteiger charge is -2.17. The normalized spacial score (nSPS) is 10.5. The van der Waals surface area contributed by atoms with E-state index in [1.54, 1.807) is 7.11 Å². The predicted octanol–water partition coefficient (Wildman–Crippen LogP) is 2.09. The summed E-state index contributed by atoms with van der Waals surface area (Å²) in [5, 5.41) is 5.50. The minimum atomic E-state index is -0.441. The van der Waals surface area contributed by atoms with Gasteiger partial charge < -0.3 is 15.4 Å². The molecule has 132 valence electrons. The lowest BCUT2D eigenvalue weighted by atomic mass is 9.90. The molecule has 0 aliphatic carbocycles. The second-order valence-corrected chi connectivity index (χ2v) is 5.67. The van der Waals surface area contributed by atoms with Crippen molar-refractivity contribution in [2.75, 3.05) is 26.8 Å². The van der Waals surface area contributed by atoms with Gasteiger partial charge in [0.25, 0.3) is 0 Å². The highest BCUT2D eigenvalue weighted by Crippen LogP contribution is 2.24. The maximum absolute atomic E-state index is 12.7. The van der Waals surface area contributed by atoms with Crippen LogP contribution in [0.4, 0.5) is 0 Å². The Morgan fingerprint density at radius 2 is 1.48 bits per heavy atom. The van der Waals surface area contributed by atoms with Gasteiger partial charge in [0.15, 0.2) is 0 Å². The molecular formula is C20H24N2O3. The van der Waals surface area contributed by atoms with Crippen molar-refractivity contribution in [1.29, 1.82) is 0 Å². The summed E-state index contributed by atoms with van der Waals surface area (Å²) in [6.45, 7) is 1.09. The van der Waals surface area contributed by atoms with Crippen molar-refractivity contribution >= 4 is 11.8 Å². The van der Waals surface area contributed by atoms with Crippen LogP contribution in [-0.2, 0) is 14.3 Å². The molecule has 5 heteroatoms. The lowest BCUT2D eigenvalue weighted by Crippen LogP contribution is -2.39. The Hall–Kier alpha value is -2.66. The number of benzene rings is 2. The van der Waals surface area contributed by atoms with Gasteiger partial charge in [0, 0.05) is 20.3 Å². The number of hydrogen-bond donors (Lipinski definition) is 2. The molecule has 0 aromatic heterocycles. The molecule has 0 fully saturated rings. The zero-order chi connectivity index (χ0) is 17.9. The number of amides is 2. The van der Waals surface area contributed by atoms with Gasteiger partial charge in [0.1, 0.15) is 0 Å². The van der Waals surface area contributed by atoms with E-state index in [0.717, 1.165) is 17.5 Å². The van der Waals surface area contributed by atoms with Crippen LogP contribution in [-0.4, -0.2) is 38.6 Å². The molecule has 0 bridgehead atoms. The third-order valence-corrected chi connectivity index (χ3v) is 3.80. The average Bonchev–Trinajstić information content (AvgIpc) is 2.65. The van der Waals surface area contributed by atoms with Crippen LogP contribution < -0.4 is 10.6 Å². The highest BCUT2D eigenvalue weighted by Gasteiger charge is 2.22. The first-order valence-electron chi connectivity index (χ1n) is 8.35. The summed E-state index contributed by atoms with van der Waals surface area (Å²) in [7, 11) is 1.62. The molecule has 2 amide bonds. The Kier molecular flexibility index (Phi) is 7.66. The Bertz CT molecular complexity index is 620. The Morgan fingerprint density at radius 3 is 2.00 bits per heavy atom. The number of carbonyl (C=O) groups excluding carboxylic acids is 2. The summed E-state index contributed by atoms with van der Waals surface area (Å²) >= 11 is 0. The molecule has 2 aromatic carbocycles. The largest absolute Gasteiger partial charge is 0.385 e. The van der Waals surface area contributed by atoms with Crippen LogP contribution in [0.25, 0.3) is 0 Å². The van der Waals surface area contributed by atoms with Crippen molar-refractivity contribution in [3.8, 4) is 0 Å². The van der Waals surface area contributed by atoms with Gasteiger partial charge in [-0.2, -0.15) is 0 Å². The number of rotatable bonds is 9. The van der Waals surface area contributed by atoms with Crippen LogP contribution in [0.15, 0.2) is 60.7 Å². The van der Waals surface area contributed by atoms with Crippen LogP contribution in [0, 0.1) is 0 Å². The third-order valence-electron chi connectivity index (χ3n) is 3.80. The van der Waals surface area contributed by atoms with Crippen LogP contribution >= 0.6 is 0 Å². The van der Waals surface area contributed by atoms with Gasteiger partial charge in [-0.1, -0.05) is 60.7 Å². The zero-order valence-electron chi connectivity index (χ0n) is 14.4. The van der Waals surface area contributed by atoms with Crippen LogP contribution in [0.1, 0.15) is 23.5 Å². The number of hydrogen-bond acceptors (Lipinski definition) is 3. The van der Waals surface area contributed by atoms with E-state index >= 15 is 0 Å². The van der Waals surface area contributed by atoms with Gasteiger partial charge in [-0.05, 0) is 17.5 Å². The standard InChI is InChI=1S/C20H24N2O3/c1-25-14-8-13-21-18(23)15-22-20(24)19(16-9-4-2-5-10-16)17-11-6-3-7-12-17/h2-7,9-12,19H,8,13-15H2,1H3,(H,21,23)(H,22,24). The fraction of sp³-hybridized carbons (Fsp3) is 0.300. The first kappa shape index (κ1) is 18.7. The number of ether oxygens (including phenoxy) is 1. The van der Waals surface area contributed by atoms with Crippen LogP contribution in [0.5, 0.6) is 0 Å².